The first-order chi connectivity index (χ1) is 10.7. The number of anilines is 1. The van der Waals surface area contributed by atoms with Crippen molar-refractivity contribution in [2.45, 2.75) is 19.4 Å². The van der Waals surface area contributed by atoms with Crippen LogP contribution in [-0.4, -0.2) is 61.5 Å². The van der Waals surface area contributed by atoms with Crippen LogP contribution in [0.5, 0.6) is 0 Å². The van der Waals surface area contributed by atoms with Gasteiger partial charge in [0.2, 0.25) is 0 Å². The summed E-state index contributed by atoms with van der Waals surface area (Å²) in [4.78, 5) is 6.39. The molecule has 0 aliphatic carbocycles. The molecule has 1 heterocycles. The Morgan fingerprint density at radius 3 is 2.87 bits per heavy atom. The molecule has 0 amide bonds. The summed E-state index contributed by atoms with van der Waals surface area (Å²) in [5.41, 5.74) is 8.03. The van der Waals surface area contributed by atoms with E-state index in [1.807, 2.05) is 18.2 Å². The van der Waals surface area contributed by atoms with E-state index in [9.17, 15) is 5.11 Å². The average Bonchev–Trinajstić information content (AvgIpc) is 2.54. The number of morpholine rings is 1. The number of ether oxygens (including phenoxy) is 1. The van der Waals surface area contributed by atoms with Gasteiger partial charge in [0.1, 0.15) is 0 Å². The number of rotatable bonds is 6. The van der Waals surface area contributed by atoms with Gasteiger partial charge in [0.25, 0.3) is 0 Å². The summed E-state index contributed by atoms with van der Waals surface area (Å²) in [7, 11) is 0. The van der Waals surface area contributed by atoms with Gasteiger partial charge in [-0.25, -0.2) is 0 Å². The zero-order valence-corrected chi connectivity index (χ0v) is 15.9. The van der Waals surface area contributed by atoms with Crippen molar-refractivity contribution in [1.82, 2.24) is 4.90 Å². The second-order valence-electron chi connectivity index (χ2n) is 5.47. The Balaban J connectivity index is 0.00000264. The summed E-state index contributed by atoms with van der Waals surface area (Å²) in [5.74, 6) is 0.328. The number of hydrogen-bond acceptors (Lipinski definition) is 4. The van der Waals surface area contributed by atoms with E-state index in [0.29, 0.717) is 19.0 Å². The molecule has 0 spiro atoms. The molecule has 1 aromatic carbocycles. The van der Waals surface area contributed by atoms with E-state index in [1.165, 1.54) is 5.56 Å². The summed E-state index contributed by atoms with van der Waals surface area (Å²) in [6.45, 7) is 6.19. The van der Waals surface area contributed by atoms with Crippen LogP contribution in [0.4, 0.5) is 5.69 Å². The molecule has 6 nitrogen and oxygen atoms in total. The fourth-order valence-electron chi connectivity index (χ4n) is 2.40. The monoisotopic (exact) mass is 434 g/mol. The molecule has 23 heavy (non-hydrogen) atoms. The lowest BCUT2D eigenvalue weighted by Crippen LogP contribution is -2.42. The Kier molecular flexibility index (Phi) is 9.46. The smallest absolute Gasteiger partial charge is 0.193 e. The minimum absolute atomic E-state index is 0. The molecule has 2 rings (SSSR count). The van der Waals surface area contributed by atoms with Crippen LogP contribution in [0, 0.1) is 0 Å². The second-order valence-corrected chi connectivity index (χ2v) is 5.47. The third-order valence-electron chi connectivity index (χ3n) is 3.65. The van der Waals surface area contributed by atoms with Gasteiger partial charge in [0.05, 0.1) is 25.9 Å². The number of hydrogen-bond donors (Lipinski definition) is 3. The van der Waals surface area contributed by atoms with E-state index >= 15 is 0 Å². The van der Waals surface area contributed by atoms with E-state index in [4.69, 9.17) is 10.5 Å². The van der Waals surface area contributed by atoms with Crippen LogP contribution in [0.25, 0.3) is 0 Å². The summed E-state index contributed by atoms with van der Waals surface area (Å²) in [5, 5.41) is 13.1. The molecule has 1 aliphatic rings. The number of halogens is 1. The molecule has 1 unspecified atom stereocenters. The number of aliphatic imine (C=N–C) groups is 1. The van der Waals surface area contributed by atoms with Gasteiger partial charge in [-0.3, -0.25) is 9.89 Å². The fourth-order valence-corrected chi connectivity index (χ4v) is 2.40. The Hall–Kier alpha value is -0.900. The van der Waals surface area contributed by atoms with Crippen molar-refractivity contribution in [3.63, 3.8) is 0 Å². The first kappa shape index (κ1) is 20.1. The van der Waals surface area contributed by atoms with E-state index in [0.717, 1.165) is 38.4 Å². The molecular weight excluding hydrogens is 407 g/mol. The van der Waals surface area contributed by atoms with Crippen LogP contribution < -0.4 is 11.1 Å². The van der Waals surface area contributed by atoms with E-state index in [2.05, 4.69) is 28.2 Å². The molecule has 7 heteroatoms. The molecule has 1 atom stereocenters. The lowest BCUT2D eigenvalue weighted by atomic mass is 10.1. The molecule has 0 bridgehead atoms. The standard InChI is InChI=1S/C16H26N4O2.HI/c1-2-13-4-3-5-14(10-13)19-16(17)18-11-15(21)12-20-6-8-22-9-7-20;/h3-5,10,15,21H,2,6-9,11-12H2,1H3,(H3,17,18,19);1H. The van der Waals surface area contributed by atoms with Crippen molar-refractivity contribution in [2.24, 2.45) is 10.7 Å². The SMILES string of the molecule is CCc1cccc(NC(N)=NCC(O)CN2CCOCC2)c1.I. The first-order valence-electron chi connectivity index (χ1n) is 7.81. The summed E-state index contributed by atoms with van der Waals surface area (Å²) >= 11 is 0. The van der Waals surface area contributed by atoms with Crippen LogP contribution in [0.15, 0.2) is 29.3 Å². The number of aryl methyl sites for hydroxylation is 1. The zero-order chi connectivity index (χ0) is 15.8. The third-order valence-corrected chi connectivity index (χ3v) is 3.65. The number of nitrogens with one attached hydrogen (secondary N) is 1. The van der Waals surface area contributed by atoms with Crippen molar-refractivity contribution in [3.8, 4) is 0 Å². The van der Waals surface area contributed by atoms with Crippen molar-refractivity contribution < 1.29 is 9.84 Å². The Morgan fingerprint density at radius 2 is 2.17 bits per heavy atom. The Bertz CT molecular complexity index is 493. The summed E-state index contributed by atoms with van der Waals surface area (Å²) in [6.07, 6.45) is 0.464. The number of benzene rings is 1. The summed E-state index contributed by atoms with van der Waals surface area (Å²) in [6, 6.07) is 8.06. The molecule has 0 radical (unpaired) electrons. The van der Waals surface area contributed by atoms with Crippen molar-refractivity contribution in [1.29, 1.82) is 0 Å². The predicted molar refractivity (Wildman–Crippen MR) is 105 cm³/mol. The Labute approximate surface area is 155 Å². The quantitative estimate of drug-likeness (QED) is 0.357. The maximum atomic E-state index is 10.0. The van der Waals surface area contributed by atoms with Gasteiger partial charge in [-0.15, -0.1) is 24.0 Å². The number of guanidine groups is 1. The maximum absolute atomic E-state index is 10.0. The van der Waals surface area contributed by atoms with Crippen LogP contribution in [-0.2, 0) is 11.2 Å². The van der Waals surface area contributed by atoms with Crippen molar-refractivity contribution in [3.05, 3.63) is 29.8 Å². The molecule has 130 valence electrons. The molecule has 0 aromatic heterocycles. The predicted octanol–water partition coefficient (Wildman–Crippen LogP) is 1.29. The highest BCUT2D eigenvalue weighted by atomic mass is 127. The number of aliphatic hydroxyl groups is 1. The fraction of sp³-hybridized carbons (Fsp3) is 0.562. The first-order valence-corrected chi connectivity index (χ1v) is 7.81. The average molecular weight is 434 g/mol. The zero-order valence-electron chi connectivity index (χ0n) is 13.6. The van der Waals surface area contributed by atoms with E-state index in [1.54, 1.807) is 0 Å². The lowest BCUT2D eigenvalue weighted by molar-refractivity contribution is 0.0165. The number of β-amino-alcohol motifs (C(OH)–C–C–N with tert-alkyl or cyclic N) is 1. The van der Waals surface area contributed by atoms with Gasteiger partial charge < -0.3 is 20.9 Å². The van der Waals surface area contributed by atoms with Gasteiger partial charge in [-0.1, -0.05) is 19.1 Å². The third kappa shape index (κ3) is 7.47. The summed E-state index contributed by atoms with van der Waals surface area (Å²) < 4.78 is 5.28. The number of nitrogens with two attached hydrogens (primary N) is 1. The molecule has 1 aliphatic heterocycles. The molecule has 1 fully saturated rings. The second kappa shape index (κ2) is 10.8. The Morgan fingerprint density at radius 1 is 1.43 bits per heavy atom. The normalized spacial score (nSPS) is 17.4. The maximum Gasteiger partial charge on any atom is 0.193 e. The lowest BCUT2D eigenvalue weighted by Gasteiger charge is -2.28. The van der Waals surface area contributed by atoms with Crippen molar-refractivity contribution >= 4 is 35.6 Å². The van der Waals surface area contributed by atoms with Crippen LogP contribution in [0.2, 0.25) is 0 Å². The highest BCUT2D eigenvalue weighted by molar-refractivity contribution is 14.0. The largest absolute Gasteiger partial charge is 0.390 e. The molecule has 0 saturated carbocycles. The van der Waals surface area contributed by atoms with Crippen LogP contribution in [0.3, 0.4) is 0 Å². The van der Waals surface area contributed by atoms with Crippen LogP contribution >= 0.6 is 24.0 Å². The van der Waals surface area contributed by atoms with E-state index < -0.39 is 6.10 Å². The minimum Gasteiger partial charge on any atom is -0.390 e. The van der Waals surface area contributed by atoms with Gasteiger partial charge in [0, 0.05) is 25.3 Å². The minimum atomic E-state index is -0.513. The van der Waals surface area contributed by atoms with Crippen LogP contribution in [0.1, 0.15) is 12.5 Å². The molecule has 1 saturated heterocycles. The highest BCUT2D eigenvalue weighted by Gasteiger charge is 2.14. The van der Waals surface area contributed by atoms with Gasteiger partial charge in [-0.2, -0.15) is 0 Å². The molecular formula is C16H27IN4O2. The van der Waals surface area contributed by atoms with E-state index in [-0.39, 0.29) is 24.0 Å². The van der Waals surface area contributed by atoms with Gasteiger partial charge in [-0.05, 0) is 24.1 Å². The number of nitrogens with zero attached hydrogens (tertiary/aromatic N) is 2. The topological polar surface area (TPSA) is 83.1 Å². The molecule has 4 N–H and O–H groups in total. The number of aliphatic hydroxyl groups excluding tert-OH is 1. The molecule has 1 aromatic rings. The van der Waals surface area contributed by atoms with Gasteiger partial charge >= 0.3 is 0 Å². The highest BCUT2D eigenvalue weighted by Crippen LogP contribution is 2.10. The van der Waals surface area contributed by atoms with Crippen molar-refractivity contribution in [2.75, 3.05) is 44.7 Å². The van der Waals surface area contributed by atoms with Gasteiger partial charge in [0.15, 0.2) is 5.96 Å².